The number of nitrogens with zero attached hydrogens (tertiary/aromatic N) is 1. The Bertz CT molecular complexity index is 455. The smallest absolute Gasteiger partial charge is 0.348 e. The Balaban J connectivity index is 2.91. The molecule has 1 aromatic rings. The van der Waals surface area contributed by atoms with Crippen molar-refractivity contribution in [1.82, 2.24) is 0 Å². The summed E-state index contributed by atoms with van der Waals surface area (Å²) < 4.78 is 9.77. The largest absolute Gasteiger partial charge is 0.497 e. The molecule has 0 atom stereocenters. The first-order valence-corrected chi connectivity index (χ1v) is 5.14. The predicted octanol–water partition coefficient (Wildman–Crippen LogP) is 2.17. The third kappa shape index (κ3) is 3.65. The maximum absolute atomic E-state index is 11.4. The summed E-state index contributed by atoms with van der Waals surface area (Å²) in [5.41, 5.74) is 0.729. The lowest BCUT2D eigenvalue weighted by atomic mass is 10.1. The first-order chi connectivity index (χ1) is 8.21. The highest BCUT2D eigenvalue weighted by Crippen LogP contribution is 2.14. The summed E-state index contributed by atoms with van der Waals surface area (Å²) in [6.45, 7) is 1.95. The second-order valence-corrected chi connectivity index (χ2v) is 3.16. The van der Waals surface area contributed by atoms with Crippen LogP contribution in [0.2, 0.25) is 0 Å². The van der Waals surface area contributed by atoms with E-state index in [1.807, 2.05) is 6.07 Å². The van der Waals surface area contributed by atoms with Gasteiger partial charge in [0, 0.05) is 0 Å². The average molecular weight is 231 g/mol. The molecule has 0 radical (unpaired) electrons. The zero-order valence-corrected chi connectivity index (χ0v) is 9.77. The van der Waals surface area contributed by atoms with Crippen molar-refractivity contribution in [3.05, 3.63) is 35.4 Å². The minimum Gasteiger partial charge on any atom is -0.497 e. The van der Waals surface area contributed by atoms with Crippen LogP contribution in [0.3, 0.4) is 0 Å². The molecule has 0 unspecified atom stereocenters. The van der Waals surface area contributed by atoms with E-state index in [1.165, 1.54) is 6.08 Å². The molecule has 0 heterocycles. The Hall–Kier alpha value is -2.28. The Morgan fingerprint density at radius 2 is 2.06 bits per heavy atom. The molecule has 17 heavy (non-hydrogen) atoms. The van der Waals surface area contributed by atoms with Crippen LogP contribution in [-0.2, 0) is 9.53 Å². The fourth-order valence-corrected chi connectivity index (χ4v) is 1.21. The Labute approximate surface area is 100 Å². The molecular weight excluding hydrogens is 218 g/mol. The Morgan fingerprint density at radius 3 is 2.53 bits per heavy atom. The number of nitriles is 1. The van der Waals surface area contributed by atoms with Crippen molar-refractivity contribution in [2.45, 2.75) is 6.92 Å². The van der Waals surface area contributed by atoms with E-state index in [4.69, 9.17) is 14.7 Å². The number of esters is 1. The Kier molecular flexibility index (Phi) is 4.77. The first kappa shape index (κ1) is 12.8. The third-order valence-corrected chi connectivity index (χ3v) is 2.04. The molecule has 0 aliphatic rings. The topological polar surface area (TPSA) is 59.3 Å². The SMILES string of the molecule is CCOC(=O)/C(C#N)=C\c1ccc(OC)cc1. The second kappa shape index (κ2) is 6.33. The summed E-state index contributed by atoms with van der Waals surface area (Å²) in [6.07, 6.45) is 1.48. The summed E-state index contributed by atoms with van der Waals surface area (Å²) >= 11 is 0. The Morgan fingerprint density at radius 1 is 1.41 bits per heavy atom. The van der Waals surface area contributed by atoms with Gasteiger partial charge in [-0.15, -0.1) is 0 Å². The van der Waals surface area contributed by atoms with Gasteiger partial charge in [0.1, 0.15) is 17.4 Å². The molecule has 4 nitrogen and oxygen atoms in total. The van der Waals surface area contributed by atoms with Gasteiger partial charge in [0.15, 0.2) is 0 Å². The number of methoxy groups -OCH3 is 1. The zero-order valence-electron chi connectivity index (χ0n) is 9.77. The highest BCUT2D eigenvalue weighted by Gasteiger charge is 2.09. The van der Waals surface area contributed by atoms with Gasteiger partial charge in [0.05, 0.1) is 13.7 Å². The number of ether oxygens (including phenoxy) is 2. The van der Waals surface area contributed by atoms with E-state index in [1.54, 1.807) is 38.3 Å². The van der Waals surface area contributed by atoms with Gasteiger partial charge in [0.2, 0.25) is 0 Å². The number of carbonyl (C=O) groups excluding carboxylic acids is 1. The number of hydrogen-bond donors (Lipinski definition) is 0. The molecule has 0 aliphatic heterocycles. The highest BCUT2D eigenvalue weighted by molar-refractivity contribution is 5.97. The van der Waals surface area contributed by atoms with Crippen LogP contribution in [0.4, 0.5) is 0 Å². The third-order valence-electron chi connectivity index (χ3n) is 2.04. The van der Waals surface area contributed by atoms with E-state index in [0.717, 1.165) is 11.3 Å². The van der Waals surface area contributed by atoms with Crippen LogP contribution in [0.5, 0.6) is 5.75 Å². The molecular formula is C13H13NO3. The summed E-state index contributed by atoms with van der Waals surface area (Å²) in [6, 6.07) is 8.85. The van der Waals surface area contributed by atoms with E-state index in [0.29, 0.717) is 0 Å². The molecule has 0 spiro atoms. The lowest BCUT2D eigenvalue weighted by Crippen LogP contribution is -2.05. The lowest BCUT2D eigenvalue weighted by molar-refractivity contribution is -0.137. The average Bonchev–Trinajstić information content (AvgIpc) is 2.37. The van der Waals surface area contributed by atoms with Crippen molar-refractivity contribution in [2.75, 3.05) is 13.7 Å². The maximum atomic E-state index is 11.4. The van der Waals surface area contributed by atoms with Crippen molar-refractivity contribution in [1.29, 1.82) is 5.26 Å². The van der Waals surface area contributed by atoms with Crippen molar-refractivity contribution in [3.8, 4) is 11.8 Å². The molecule has 0 saturated heterocycles. The van der Waals surface area contributed by atoms with Crippen LogP contribution in [0.25, 0.3) is 6.08 Å². The molecule has 88 valence electrons. The van der Waals surface area contributed by atoms with Gasteiger partial charge in [-0.25, -0.2) is 4.79 Å². The van der Waals surface area contributed by atoms with Gasteiger partial charge in [-0.2, -0.15) is 5.26 Å². The van der Waals surface area contributed by atoms with Gasteiger partial charge in [0.25, 0.3) is 0 Å². The summed E-state index contributed by atoms with van der Waals surface area (Å²) in [4.78, 5) is 11.4. The van der Waals surface area contributed by atoms with Gasteiger partial charge < -0.3 is 9.47 Å². The summed E-state index contributed by atoms with van der Waals surface area (Å²) in [5.74, 6) is 0.114. The molecule has 0 fully saturated rings. The van der Waals surface area contributed by atoms with E-state index in [2.05, 4.69) is 0 Å². The second-order valence-electron chi connectivity index (χ2n) is 3.16. The summed E-state index contributed by atoms with van der Waals surface area (Å²) in [5, 5.41) is 8.84. The number of hydrogen-bond acceptors (Lipinski definition) is 4. The number of benzene rings is 1. The molecule has 0 amide bonds. The van der Waals surface area contributed by atoms with Crippen LogP contribution < -0.4 is 4.74 Å². The van der Waals surface area contributed by atoms with Gasteiger partial charge in [-0.05, 0) is 30.7 Å². The lowest BCUT2D eigenvalue weighted by Gasteiger charge is -2.01. The van der Waals surface area contributed by atoms with Crippen LogP contribution in [0.1, 0.15) is 12.5 Å². The molecule has 0 N–H and O–H groups in total. The zero-order chi connectivity index (χ0) is 12.7. The molecule has 4 heteroatoms. The van der Waals surface area contributed by atoms with Crippen molar-refractivity contribution < 1.29 is 14.3 Å². The van der Waals surface area contributed by atoms with Crippen LogP contribution in [-0.4, -0.2) is 19.7 Å². The van der Waals surface area contributed by atoms with Crippen molar-refractivity contribution in [2.24, 2.45) is 0 Å². The fourth-order valence-electron chi connectivity index (χ4n) is 1.21. The molecule has 0 aromatic heterocycles. The van der Waals surface area contributed by atoms with Gasteiger partial charge in [-0.3, -0.25) is 0 Å². The van der Waals surface area contributed by atoms with E-state index >= 15 is 0 Å². The number of carbonyl (C=O) groups is 1. The standard InChI is InChI=1S/C13H13NO3/c1-3-17-13(15)11(9-14)8-10-4-6-12(16-2)7-5-10/h4-8H,3H2,1-2H3/b11-8-. The van der Waals surface area contributed by atoms with Crippen molar-refractivity contribution >= 4 is 12.0 Å². The van der Waals surface area contributed by atoms with Crippen molar-refractivity contribution in [3.63, 3.8) is 0 Å². The monoisotopic (exact) mass is 231 g/mol. The van der Waals surface area contributed by atoms with E-state index in [9.17, 15) is 4.79 Å². The normalized spacial score (nSPS) is 10.5. The van der Waals surface area contributed by atoms with Gasteiger partial charge >= 0.3 is 5.97 Å². The highest BCUT2D eigenvalue weighted by atomic mass is 16.5. The number of rotatable bonds is 4. The van der Waals surface area contributed by atoms with Crippen LogP contribution in [0, 0.1) is 11.3 Å². The maximum Gasteiger partial charge on any atom is 0.348 e. The molecule has 1 rings (SSSR count). The summed E-state index contributed by atoms with van der Waals surface area (Å²) in [7, 11) is 1.57. The molecule has 0 saturated carbocycles. The minimum absolute atomic E-state index is 0.0167. The quantitative estimate of drug-likeness (QED) is 0.452. The van der Waals surface area contributed by atoms with Crippen LogP contribution >= 0.6 is 0 Å². The van der Waals surface area contributed by atoms with Crippen LogP contribution in [0.15, 0.2) is 29.8 Å². The first-order valence-electron chi connectivity index (χ1n) is 5.14. The van der Waals surface area contributed by atoms with Gasteiger partial charge in [-0.1, -0.05) is 12.1 Å². The predicted molar refractivity (Wildman–Crippen MR) is 63.2 cm³/mol. The fraction of sp³-hybridized carbons (Fsp3) is 0.231. The van der Waals surface area contributed by atoms with E-state index in [-0.39, 0.29) is 12.2 Å². The molecule has 0 bridgehead atoms. The molecule has 1 aromatic carbocycles. The molecule has 0 aliphatic carbocycles. The minimum atomic E-state index is -0.606. The van der Waals surface area contributed by atoms with E-state index < -0.39 is 5.97 Å².